The number of sulfonamides is 1. The minimum Gasteiger partial charge on any atom is -0.380 e. The van der Waals surface area contributed by atoms with E-state index in [-0.39, 0.29) is 17.7 Å². The molecule has 3 rings (SSSR count). The Morgan fingerprint density at radius 2 is 1.86 bits per heavy atom. The first kappa shape index (κ1) is 20.8. The lowest BCUT2D eigenvalue weighted by Crippen LogP contribution is -2.51. The fourth-order valence-corrected chi connectivity index (χ4v) is 5.13. The van der Waals surface area contributed by atoms with Gasteiger partial charge in [0.15, 0.2) is 5.60 Å². The molecule has 0 aliphatic heterocycles. The van der Waals surface area contributed by atoms with Gasteiger partial charge in [-0.2, -0.15) is 13.2 Å². The molecule has 1 saturated carbocycles. The van der Waals surface area contributed by atoms with Crippen LogP contribution in [0.2, 0.25) is 0 Å². The Balaban J connectivity index is 1.85. The first-order chi connectivity index (χ1) is 13.0. The summed E-state index contributed by atoms with van der Waals surface area (Å²) in [5, 5.41) is 9.76. The Bertz CT molecular complexity index is 939. The van der Waals surface area contributed by atoms with Crippen LogP contribution < -0.4 is 4.72 Å². The number of aliphatic hydroxyl groups is 1. The highest BCUT2D eigenvalue weighted by molar-refractivity contribution is 7.89. The van der Waals surface area contributed by atoms with Crippen molar-refractivity contribution in [1.82, 2.24) is 9.71 Å². The fraction of sp³-hybridized carbons (Fsp3) is 0.421. The van der Waals surface area contributed by atoms with Gasteiger partial charge in [0.25, 0.3) is 0 Å². The van der Waals surface area contributed by atoms with Crippen molar-refractivity contribution in [3.8, 4) is 11.1 Å². The molecule has 0 unspecified atom stereocenters. The van der Waals surface area contributed by atoms with Gasteiger partial charge in [-0.05, 0) is 50.3 Å². The van der Waals surface area contributed by atoms with Gasteiger partial charge < -0.3 is 5.11 Å². The van der Waals surface area contributed by atoms with Crippen LogP contribution in [0, 0.1) is 6.92 Å². The van der Waals surface area contributed by atoms with Crippen LogP contribution in [0.4, 0.5) is 13.2 Å². The SMILES string of the molecule is Cc1cccc(S(=O)(=O)NC2CCC(O)(C(F)(F)F)CC2)c1-c1cccnc1. The Morgan fingerprint density at radius 3 is 2.43 bits per heavy atom. The molecule has 1 aromatic carbocycles. The molecule has 0 amide bonds. The third-order valence-corrected chi connectivity index (χ3v) is 6.70. The predicted octanol–water partition coefficient (Wildman–Crippen LogP) is 3.57. The predicted molar refractivity (Wildman–Crippen MR) is 98.0 cm³/mol. The topological polar surface area (TPSA) is 79.3 Å². The zero-order valence-corrected chi connectivity index (χ0v) is 16.0. The molecule has 1 fully saturated rings. The third kappa shape index (κ3) is 4.06. The number of alkyl halides is 3. The van der Waals surface area contributed by atoms with E-state index >= 15 is 0 Å². The lowest BCUT2D eigenvalue weighted by Gasteiger charge is -2.37. The van der Waals surface area contributed by atoms with Crippen LogP contribution >= 0.6 is 0 Å². The number of hydrogen-bond acceptors (Lipinski definition) is 4. The van der Waals surface area contributed by atoms with E-state index in [4.69, 9.17) is 0 Å². The highest BCUT2D eigenvalue weighted by Crippen LogP contribution is 2.41. The van der Waals surface area contributed by atoms with Gasteiger partial charge in [0.1, 0.15) is 0 Å². The number of pyridine rings is 1. The summed E-state index contributed by atoms with van der Waals surface area (Å²) in [6.07, 6.45) is -2.84. The molecule has 0 radical (unpaired) electrons. The maximum atomic E-state index is 13.0. The second-order valence-electron chi connectivity index (χ2n) is 7.11. The van der Waals surface area contributed by atoms with Crippen LogP contribution in [0.5, 0.6) is 0 Å². The minimum absolute atomic E-state index is 0.0529. The number of aromatic nitrogens is 1. The zero-order valence-electron chi connectivity index (χ0n) is 15.2. The zero-order chi connectivity index (χ0) is 20.6. The second-order valence-corrected chi connectivity index (χ2v) is 8.80. The van der Waals surface area contributed by atoms with E-state index in [2.05, 4.69) is 9.71 Å². The molecular weight excluding hydrogens is 393 g/mol. The number of rotatable bonds is 4. The summed E-state index contributed by atoms with van der Waals surface area (Å²) >= 11 is 0. The summed E-state index contributed by atoms with van der Waals surface area (Å²) in [6.45, 7) is 1.78. The second kappa shape index (κ2) is 7.46. The van der Waals surface area contributed by atoms with Crippen molar-refractivity contribution in [1.29, 1.82) is 0 Å². The van der Waals surface area contributed by atoms with Gasteiger partial charge in [0.2, 0.25) is 10.0 Å². The molecule has 1 aromatic heterocycles. The quantitative estimate of drug-likeness (QED) is 0.802. The van der Waals surface area contributed by atoms with Gasteiger partial charge in [-0.15, -0.1) is 0 Å². The lowest BCUT2D eigenvalue weighted by atomic mass is 9.82. The van der Waals surface area contributed by atoms with Crippen molar-refractivity contribution in [2.75, 3.05) is 0 Å². The molecule has 0 saturated heterocycles. The molecule has 9 heteroatoms. The van der Waals surface area contributed by atoms with Crippen LogP contribution in [-0.2, 0) is 10.0 Å². The summed E-state index contributed by atoms with van der Waals surface area (Å²) in [5.41, 5.74) is -0.869. The molecule has 1 aliphatic carbocycles. The van der Waals surface area contributed by atoms with E-state index in [0.717, 1.165) is 5.56 Å². The van der Waals surface area contributed by atoms with Crippen LogP contribution in [0.3, 0.4) is 0 Å². The number of nitrogens with one attached hydrogen (secondary N) is 1. The number of aryl methyl sites for hydroxylation is 1. The van der Waals surface area contributed by atoms with Crippen molar-refractivity contribution in [3.05, 3.63) is 48.3 Å². The Labute approximate surface area is 161 Å². The van der Waals surface area contributed by atoms with Crippen molar-refractivity contribution < 1.29 is 26.7 Å². The summed E-state index contributed by atoms with van der Waals surface area (Å²) in [6, 6.07) is 7.64. The van der Waals surface area contributed by atoms with E-state index < -0.39 is 40.7 Å². The van der Waals surface area contributed by atoms with Crippen molar-refractivity contribution in [3.63, 3.8) is 0 Å². The number of halogens is 3. The van der Waals surface area contributed by atoms with Crippen molar-refractivity contribution in [2.24, 2.45) is 0 Å². The van der Waals surface area contributed by atoms with E-state index in [9.17, 15) is 26.7 Å². The molecule has 5 nitrogen and oxygen atoms in total. The lowest BCUT2D eigenvalue weighted by molar-refractivity contribution is -0.270. The molecule has 2 N–H and O–H groups in total. The van der Waals surface area contributed by atoms with Crippen molar-refractivity contribution >= 4 is 10.0 Å². The van der Waals surface area contributed by atoms with E-state index in [1.807, 2.05) is 0 Å². The maximum Gasteiger partial charge on any atom is 0.417 e. The summed E-state index contributed by atoms with van der Waals surface area (Å²) in [5.74, 6) is 0. The van der Waals surface area contributed by atoms with E-state index in [1.165, 1.54) is 6.07 Å². The normalized spacial score (nSPS) is 23.5. The van der Waals surface area contributed by atoms with Crippen LogP contribution in [0.25, 0.3) is 11.1 Å². The molecule has 28 heavy (non-hydrogen) atoms. The van der Waals surface area contributed by atoms with Crippen LogP contribution in [0.15, 0.2) is 47.6 Å². The third-order valence-electron chi connectivity index (χ3n) is 5.14. The Morgan fingerprint density at radius 1 is 1.18 bits per heavy atom. The maximum absolute atomic E-state index is 13.0. The largest absolute Gasteiger partial charge is 0.417 e. The van der Waals surface area contributed by atoms with E-state index in [1.54, 1.807) is 43.6 Å². The van der Waals surface area contributed by atoms with Gasteiger partial charge >= 0.3 is 6.18 Å². The first-order valence-electron chi connectivity index (χ1n) is 8.85. The van der Waals surface area contributed by atoms with Crippen LogP contribution in [-0.4, -0.2) is 36.3 Å². The smallest absolute Gasteiger partial charge is 0.380 e. The van der Waals surface area contributed by atoms with Gasteiger partial charge in [-0.1, -0.05) is 18.2 Å². The molecule has 2 aromatic rings. The average Bonchev–Trinajstić information content (AvgIpc) is 2.63. The number of hydrogen-bond donors (Lipinski definition) is 2. The molecule has 0 atom stereocenters. The fourth-order valence-electron chi connectivity index (χ4n) is 3.52. The summed E-state index contributed by atoms with van der Waals surface area (Å²) < 4.78 is 67.3. The first-order valence-corrected chi connectivity index (χ1v) is 10.3. The average molecular weight is 414 g/mol. The Kier molecular flexibility index (Phi) is 5.53. The molecule has 0 spiro atoms. The van der Waals surface area contributed by atoms with E-state index in [0.29, 0.717) is 11.1 Å². The summed E-state index contributed by atoms with van der Waals surface area (Å²) in [7, 11) is -3.97. The molecule has 152 valence electrons. The standard InChI is InChI=1S/C19H21F3N2O3S/c1-13-4-2-6-16(17(13)14-5-3-11-23-12-14)28(26,27)24-15-7-9-18(25,10-8-15)19(20,21)22/h2-6,11-12,15,24-25H,7-10H2,1H3. The summed E-state index contributed by atoms with van der Waals surface area (Å²) in [4.78, 5) is 4.08. The van der Waals surface area contributed by atoms with Gasteiger partial charge in [0, 0.05) is 29.6 Å². The molecular formula is C19H21F3N2O3S. The number of benzene rings is 1. The highest BCUT2D eigenvalue weighted by atomic mass is 32.2. The molecule has 1 aliphatic rings. The number of nitrogens with zero attached hydrogens (tertiary/aromatic N) is 1. The minimum atomic E-state index is -4.72. The van der Waals surface area contributed by atoms with Crippen molar-refractivity contribution in [2.45, 2.75) is 55.3 Å². The molecule has 1 heterocycles. The molecule has 0 bridgehead atoms. The monoisotopic (exact) mass is 414 g/mol. The van der Waals surface area contributed by atoms with Gasteiger partial charge in [-0.3, -0.25) is 4.98 Å². The van der Waals surface area contributed by atoms with Crippen LogP contribution in [0.1, 0.15) is 31.2 Å². The van der Waals surface area contributed by atoms with Gasteiger partial charge in [-0.25, -0.2) is 13.1 Å². The highest BCUT2D eigenvalue weighted by Gasteiger charge is 2.54. The van der Waals surface area contributed by atoms with Gasteiger partial charge in [0.05, 0.1) is 4.90 Å². The Hall–Kier alpha value is -1.97.